The van der Waals surface area contributed by atoms with Crippen LogP contribution in [0.4, 0.5) is 0 Å². The predicted molar refractivity (Wildman–Crippen MR) is 44.5 cm³/mol. The third-order valence-corrected chi connectivity index (χ3v) is 3.35. The van der Waals surface area contributed by atoms with Crippen molar-refractivity contribution in [3.63, 3.8) is 0 Å². The van der Waals surface area contributed by atoms with Crippen LogP contribution in [-0.4, -0.2) is 49.1 Å². The van der Waals surface area contributed by atoms with Gasteiger partial charge in [0.25, 0.3) is 0 Å². The summed E-state index contributed by atoms with van der Waals surface area (Å²) in [7, 11) is 2.23. The number of hydrogen-bond donors (Lipinski definition) is 0. The molecule has 3 fully saturated rings. The minimum atomic E-state index is 0.761. The third-order valence-electron chi connectivity index (χ3n) is 3.35. The summed E-state index contributed by atoms with van der Waals surface area (Å²) in [5, 5.41) is 0. The maximum Gasteiger partial charge on any atom is 0.0212 e. The van der Waals surface area contributed by atoms with Crippen molar-refractivity contribution >= 4 is 0 Å². The van der Waals surface area contributed by atoms with Crippen LogP contribution in [0, 0.1) is 5.41 Å². The quantitative estimate of drug-likeness (QED) is 0.536. The summed E-state index contributed by atoms with van der Waals surface area (Å²) >= 11 is 0. The maximum atomic E-state index is 2.67. The van der Waals surface area contributed by atoms with Crippen LogP contribution in [0.25, 0.3) is 0 Å². The summed E-state index contributed by atoms with van der Waals surface area (Å²) in [6.45, 7) is 5.52. The van der Waals surface area contributed by atoms with Crippen molar-refractivity contribution < 1.29 is 0 Å². The molecule has 2 saturated heterocycles. The molecule has 62 valence electrons. The summed E-state index contributed by atoms with van der Waals surface area (Å²) in [4.78, 5) is 5.11. The van der Waals surface area contributed by atoms with E-state index in [9.17, 15) is 0 Å². The molecule has 0 N–H and O–H groups in total. The molecule has 0 amide bonds. The largest absolute Gasteiger partial charge is 0.305 e. The fourth-order valence-electron chi connectivity index (χ4n) is 2.81. The second kappa shape index (κ2) is 1.80. The fraction of sp³-hybridized carbons (Fsp3) is 1.00. The van der Waals surface area contributed by atoms with Crippen molar-refractivity contribution in [3.8, 4) is 0 Å². The first-order valence-electron chi connectivity index (χ1n) is 4.70. The molecule has 2 nitrogen and oxygen atoms in total. The molecular formula is C9H16N2. The van der Waals surface area contributed by atoms with E-state index in [1.807, 2.05) is 0 Å². The summed E-state index contributed by atoms with van der Waals surface area (Å²) in [6.07, 6.45) is 2.96. The molecule has 2 aliphatic heterocycles. The van der Waals surface area contributed by atoms with Crippen molar-refractivity contribution in [1.82, 2.24) is 9.80 Å². The Morgan fingerprint density at radius 1 is 1.09 bits per heavy atom. The summed E-state index contributed by atoms with van der Waals surface area (Å²) in [5.74, 6) is 0. The van der Waals surface area contributed by atoms with Crippen molar-refractivity contribution in [2.75, 3.05) is 33.2 Å². The SMILES string of the molecule is CN1CC2(C1)CN(C1CC1)C2. The van der Waals surface area contributed by atoms with E-state index < -0.39 is 0 Å². The first-order valence-corrected chi connectivity index (χ1v) is 4.70. The van der Waals surface area contributed by atoms with Crippen LogP contribution in [0.5, 0.6) is 0 Å². The molecule has 2 heteroatoms. The molecule has 0 aromatic rings. The fourth-order valence-corrected chi connectivity index (χ4v) is 2.81. The highest BCUT2D eigenvalue weighted by atomic mass is 15.3. The van der Waals surface area contributed by atoms with Crippen LogP contribution in [-0.2, 0) is 0 Å². The molecular weight excluding hydrogens is 136 g/mol. The predicted octanol–water partition coefficient (Wildman–Crippen LogP) is 0.396. The number of nitrogens with zero attached hydrogens (tertiary/aromatic N) is 2. The van der Waals surface area contributed by atoms with Crippen LogP contribution in [0.2, 0.25) is 0 Å². The monoisotopic (exact) mass is 152 g/mol. The standard InChI is InChI=1S/C9H16N2/c1-10-4-9(5-10)6-11(7-9)8-2-3-8/h8H,2-7H2,1H3. The highest BCUT2D eigenvalue weighted by molar-refractivity contribution is 5.08. The molecule has 0 atom stereocenters. The van der Waals surface area contributed by atoms with Gasteiger partial charge in [-0.15, -0.1) is 0 Å². The van der Waals surface area contributed by atoms with Crippen LogP contribution in [0.1, 0.15) is 12.8 Å². The molecule has 0 unspecified atom stereocenters. The van der Waals surface area contributed by atoms with Gasteiger partial charge in [-0.05, 0) is 19.9 Å². The number of rotatable bonds is 1. The van der Waals surface area contributed by atoms with Crippen LogP contribution < -0.4 is 0 Å². The van der Waals surface area contributed by atoms with Crippen LogP contribution in [0.15, 0.2) is 0 Å². The average molecular weight is 152 g/mol. The minimum absolute atomic E-state index is 0.761. The Morgan fingerprint density at radius 2 is 1.73 bits per heavy atom. The van der Waals surface area contributed by atoms with Gasteiger partial charge < -0.3 is 4.90 Å². The molecule has 0 aromatic heterocycles. The minimum Gasteiger partial charge on any atom is -0.305 e. The second-order valence-corrected chi connectivity index (χ2v) is 4.81. The lowest BCUT2D eigenvalue weighted by Gasteiger charge is -2.60. The zero-order valence-electron chi connectivity index (χ0n) is 7.21. The number of hydrogen-bond acceptors (Lipinski definition) is 2. The Bertz CT molecular complexity index is 172. The van der Waals surface area contributed by atoms with E-state index in [0.717, 1.165) is 11.5 Å². The van der Waals surface area contributed by atoms with Gasteiger partial charge in [-0.25, -0.2) is 0 Å². The smallest absolute Gasteiger partial charge is 0.0212 e. The highest BCUT2D eigenvalue weighted by Crippen LogP contribution is 2.43. The van der Waals surface area contributed by atoms with Gasteiger partial charge in [0.05, 0.1) is 0 Å². The Kier molecular flexibility index (Phi) is 1.06. The van der Waals surface area contributed by atoms with E-state index in [0.29, 0.717) is 0 Å². The zero-order valence-corrected chi connectivity index (χ0v) is 7.21. The molecule has 0 aromatic carbocycles. The molecule has 11 heavy (non-hydrogen) atoms. The summed E-state index contributed by atoms with van der Waals surface area (Å²) < 4.78 is 0. The van der Waals surface area contributed by atoms with E-state index in [1.54, 1.807) is 0 Å². The second-order valence-electron chi connectivity index (χ2n) is 4.81. The van der Waals surface area contributed by atoms with Gasteiger partial charge in [0, 0.05) is 37.6 Å². The molecule has 0 bridgehead atoms. The molecule has 1 aliphatic carbocycles. The van der Waals surface area contributed by atoms with E-state index >= 15 is 0 Å². The van der Waals surface area contributed by atoms with Crippen LogP contribution in [0.3, 0.4) is 0 Å². The Hall–Kier alpha value is -0.0800. The average Bonchev–Trinajstić information content (AvgIpc) is 2.55. The van der Waals surface area contributed by atoms with Gasteiger partial charge in [0.15, 0.2) is 0 Å². The molecule has 1 saturated carbocycles. The topological polar surface area (TPSA) is 6.48 Å². The first kappa shape index (κ1) is 6.44. The Labute approximate surface area is 68.2 Å². The van der Waals surface area contributed by atoms with E-state index in [4.69, 9.17) is 0 Å². The molecule has 3 rings (SSSR count). The van der Waals surface area contributed by atoms with Crippen molar-refractivity contribution in [3.05, 3.63) is 0 Å². The summed E-state index contributed by atoms with van der Waals surface area (Å²) in [6, 6.07) is 1.01. The lowest BCUT2D eigenvalue weighted by molar-refractivity contribution is -0.107. The van der Waals surface area contributed by atoms with E-state index in [2.05, 4.69) is 16.8 Å². The lowest BCUT2D eigenvalue weighted by atomic mass is 9.73. The van der Waals surface area contributed by atoms with Crippen LogP contribution >= 0.6 is 0 Å². The van der Waals surface area contributed by atoms with Crippen molar-refractivity contribution in [2.24, 2.45) is 5.41 Å². The molecule has 1 spiro atoms. The van der Waals surface area contributed by atoms with E-state index in [-0.39, 0.29) is 0 Å². The Morgan fingerprint density at radius 3 is 2.18 bits per heavy atom. The van der Waals surface area contributed by atoms with Crippen molar-refractivity contribution in [2.45, 2.75) is 18.9 Å². The normalized spacial score (nSPS) is 36.8. The Balaban J connectivity index is 1.55. The van der Waals surface area contributed by atoms with Gasteiger partial charge in [0.2, 0.25) is 0 Å². The van der Waals surface area contributed by atoms with Gasteiger partial charge in [-0.1, -0.05) is 0 Å². The molecule has 3 aliphatic rings. The number of likely N-dealkylation sites (tertiary alicyclic amines) is 2. The third kappa shape index (κ3) is 0.859. The zero-order chi connectivity index (χ0) is 7.47. The molecule has 2 heterocycles. The van der Waals surface area contributed by atoms with Crippen molar-refractivity contribution in [1.29, 1.82) is 0 Å². The van der Waals surface area contributed by atoms with Gasteiger partial charge in [-0.3, -0.25) is 4.90 Å². The van der Waals surface area contributed by atoms with Gasteiger partial charge in [0.1, 0.15) is 0 Å². The first-order chi connectivity index (χ1) is 5.27. The lowest BCUT2D eigenvalue weighted by Crippen LogP contribution is -2.71. The van der Waals surface area contributed by atoms with E-state index in [1.165, 1.54) is 39.0 Å². The molecule has 0 radical (unpaired) electrons. The summed E-state index contributed by atoms with van der Waals surface area (Å²) in [5.41, 5.74) is 0.761. The maximum absolute atomic E-state index is 2.67. The van der Waals surface area contributed by atoms with Gasteiger partial charge >= 0.3 is 0 Å². The highest BCUT2D eigenvalue weighted by Gasteiger charge is 2.53. The van der Waals surface area contributed by atoms with Gasteiger partial charge in [-0.2, -0.15) is 0 Å².